The molecule has 1 aliphatic heterocycles. The number of rotatable bonds is 2. The number of thiocarbonyl (C=S) groups is 1. The van der Waals surface area contributed by atoms with Crippen LogP contribution in [0.25, 0.3) is 0 Å². The van der Waals surface area contributed by atoms with Crippen molar-refractivity contribution in [2.75, 3.05) is 0 Å². The molecule has 0 saturated carbocycles. The Morgan fingerprint density at radius 3 is 2.78 bits per heavy atom. The fourth-order valence-corrected chi connectivity index (χ4v) is 2.57. The van der Waals surface area contributed by atoms with Gasteiger partial charge in [-0.25, -0.2) is 0 Å². The van der Waals surface area contributed by atoms with Crippen molar-refractivity contribution in [1.82, 2.24) is 10.6 Å². The Morgan fingerprint density at radius 1 is 1.44 bits per heavy atom. The maximum atomic E-state index is 11.8. The lowest BCUT2D eigenvalue weighted by atomic mass is 9.93. The van der Waals surface area contributed by atoms with Gasteiger partial charge in [0.1, 0.15) is 0 Å². The Balaban J connectivity index is 2.50. The topological polar surface area (TPSA) is 41.1 Å². The molecule has 94 valence electrons. The zero-order valence-electron chi connectivity index (χ0n) is 10.1. The van der Waals surface area contributed by atoms with Crippen molar-refractivity contribution in [2.45, 2.75) is 19.9 Å². The van der Waals surface area contributed by atoms with Crippen LogP contribution in [0.1, 0.15) is 25.5 Å². The molecule has 5 heteroatoms. The second-order valence-electron chi connectivity index (χ2n) is 4.18. The predicted molar refractivity (Wildman–Crippen MR) is 76.4 cm³/mol. The number of hydrogen-bond acceptors (Lipinski definition) is 2. The van der Waals surface area contributed by atoms with Crippen LogP contribution in [0.15, 0.2) is 35.5 Å². The van der Waals surface area contributed by atoms with Gasteiger partial charge in [-0.2, -0.15) is 0 Å². The molecule has 0 saturated heterocycles. The predicted octanol–water partition coefficient (Wildman–Crippen LogP) is 2.72. The normalized spacial score (nSPS) is 19.3. The van der Waals surface area contributed by atoms with Crippen LogP contribution in [0.3, 0.4) is 0 Å². The summed E-state index contributed by atoms with van der Waals surface area (Å²) in [5.74, 6) is 0.0139. The lowest BCUT2D eigenvalue weighted by molar-refractivity contribution is -0.114. The molecule has 2 N–H and O–H groups in total. The van der Waals surface area contributed by atoms with Gasteiger partial charge in [0.2, 0.25) is 0 Å². The Labute approximate surface area is 116 Å². The van der Waals surface area contributed by atoms with E-state index in [9.17, 15) is 4.79 Å². The molecule has 0 amide bonds. The Hall–Kier alpha value is -1.39. The molecule has 0 aliphatic carbocycles. The summed E-state index contributed by atoms with van der Waals surface area (Å²) in [7, 11) is 0. The number of benzene rings is 1. The summed E-state index contributed by atoms with van der Waals surface area (Å²) in [6, 6.07) is 7.18. The molecule has 18 heavy (non-hydrogen) atoms. The molecule has 0 spiro atoms. The molecule has 1 aliphatic rings. The van der Waals surface area contributed by atoms with Gasteiger partial charge in [0.15, 0.2) is 10.9 Å². The average molecular weight is 281 g/mol. The van der Waals surface area contributed by atoms with E-state index in [-0.39, 0.29) is 11.8 Å². The summed E-state index contributed by atoms with van der Waals surface area (Å²) in [5.41, 5.74) is 2.40. The first-order valence-electron chi connectivity index (χ1n) is 5.53. The maximum Gasteiger partial charge on any atom is 0.171 e. The van der Waals surface area contributed by atoms with Gasteiger partial charge in [0, 0.05) is 16.3 Å². The van der Waals surface area contributed by atoms with Gasteiger partial charge >= 0.3 is 0 Å². The fourth-order valence-electron chi connectivity index (χ4n) is 2.10. The first kappa shape index (κ1) is 13.1. The lowest BCUT2D eigenvalue weighted by Gasteiger charge is -2.29. The second kappa shape index (κ2) is 5.08. The van der Waals surface area contributed by atoms with E-state index in [4.69, 9.17) is 23.8 Å². The number of carbonyl (C=O) groups excluding carboxylic acids is 1. The van der Waals surface area contributed by atoms with Crippen molar-refractivity contribution in [1.29, 1.82) is 0 Å². The monoisotopic (exact) mass is 280 g/mol. The molecular formula is C13H13ClN2OS. The minimum atomic E-state index is -0.241. The zero-order chi connectivity index (χ0) is 13.3. The summed E-state index contributed by atoms with van der Waals surface area (Å²) in [4.78, 5) is 11.8. The van der Waals surface area contributed by atoms with Crippen molar-refractivity contribution >= 4 is 34.7 Å². The highest BCUT2D eigenvalue weighted by Crippen LogP contribution is 2.28. The van der Waals surface area contributed by atoms with Crippen LogP contribution in [-0.2, 0) is 4.79 Å². The van der Waals surface area contributed by atoms with E-state index >= 15 is 0 Å². The van der Waals surface area contributed by atoms with Crippen molar-refractivity contribution in [3.63, 3.8) is 0 Å². The Kier molecular flexibility index (Phi) is 3.68. The molecule has 1 heterocycles. The van der Waals surface area contributed by atoms with E-state index in [1.807, 2.05) is 25.1 Å². The molecule has 1 aromatic rings. The van der Waals surface area contributed by atoms with Gasteiger partial charge < -0.3 is 10.6 Å². The molecule has 3 nitrogen and oxygen atoms in total. The van der Waals surface area contributed by atoms with E-state index in [1.165, 1.54) is 0 Å². The van der Waals surface area contributed by atoms with Crippen molar-refractivity contribution in [2.24, 2.45) is 0 Å². The highest BCUT2D eigenvalue weighted by atomic mass is 35.5. The number of ketones is 1. The number of hydrogen-bond donors (Lipinski definition) is 2. The highest BCUT2D eigenvalue weighted by molar-refractivity contribution is 7.80. The van der Waals surface area contributed by atoms with Crippen LogP contribution in [0, 0.1) is 0 Å². The van der Waals surface area contributed by atoms with Crippen LogP contribution in [-0.4, -0.2) is 10.9 Å². The van der Waals surface area contributed by atoms with Crippen LogP contribution in [0.2, 0.25) is 5.02 Å². The molecule has 1 aromatic carbocycles. The fraction of sp³-hybridized carbons (Fsp3) is 0.231. The smallest absolute Gasteiger partial charge is 0.171 e. The molecule has 0 aromatic heterocycles. The number of nitrogens with one attached hydrogen (secondary N) is 2. The third-order valence-corrected chi connectivity index (χ3v) is 3.29. The molecule has 0 fully saturated rings. The maximum absolute atomic E-state index is 11.8. The molecule has 0 bridgehead atoms. The van der Waals surface area contributed by atoms with Crippen molar-refractivity contribution in [3.05, 3.63) is 46.1 Å². The zero-order valence-corrected chi connectivity index (χ0v) is 11.7. The number of halogens is 1. The van der Waals surface area contributed by atoms with Gasteiger partial charge in [-0.1, -0.05) is 23.7 Å². The average Bonchev–Trinajstić information content (AvgIpc) is 2.27. The number of Topliss-reactive ketones (excluding diaryl/α,β-unsaturated/α-hetero) is 1. The van der Waals surface area contributed by atoms with Crippen molar-refractivity contribution in [3.8, 4) is 0 Å². The number of carbonyl (C=O) groups is 1. The summed E-state index contributed by atoms with van der Waals surface area (Å²) in [6.07, 6.45) is 0. The summed E-state index contributed by atoms with van der Waals surface area (Å²) in [5, 5.41) is 7.23. The van der Waals surface area contributed by atoms with Gasteiger partial charge in [-0.05, 0) is 43.8 Å². The largest absolute Gasteiger partial charge is 0.351 e. The molecule has 2 rings (SSSR count). The van der Waals surface area contributed by atoms with Gasteiger partial charge in [0.05, 0.1) is 6.04 Å². The number of allylic oxidation sites excluding steroid dienone is 1. The van der Waals surface area contributed by atoms with E-state index in [1.54, 1.807) is 13.0 Å². The SMILES string of the molecule is CC(=O)C1=C(C)NC(=S)NC1c1cccc(Cl)c1. The minimum Gasteiger partial charge on any atom is -0.351 e. The van der Waals surface area contributed by atoms with Gasteiger partial charge in [-0.3, -0.25) is 4.79 Å². The first-order chi connectivity index (χ1) is 8.49. The standard InChI is InChI=1S/C13H13ClN2OS/c1-7-11(8(2)17)12(16-13(18)15-7)9-4-3-5-10(14)6-9/h3-6,12H,1-2H3,(H2,15,16,18). The van der Waals surface area contributed by atoms with Crippen LogP contribution < -0.4 is 10.6 Å². The summed E-state index contributed by atoms with van der Waals surface area (Å²) < 4.78 is 0. The van der Waals surface area contributed by atoms with E-state index in [0.29, 0.717) is 15.7 Å². The minimum absolute atomic E-state index is 0.0139. The summed E-state index contributed by atoms with van der Waals surface area (Å²) >= 11 is 11.1. The third kappa shape index (κ3) is 2.54. The second-order valence-corrected chi connectivity index (χ2v) is 5.03. The molecule has 1 unspecified atom stereocenters. The Morgan fingerprint density at radius 2 is 2.17 bits per heavy atom. The molecular weight excluding hydrogens is 268 g/mol. The van der Waals surface area contributed by atoms with Crippen molar-refractivity contribution < 1.29 is 4.79 Å². The molecule has 1 atom stereocenters. The van der Waals surface area contributed by atoms with Crippen LogP contribution in [0.4, 0.5) is 0 Å². The van der Waals surface area contributed by atoms with Gasteiger partial charge in [0.25, 0.3) is 0 Å². The summed E-state index contributed by atoms with van der Waals surface area (Å²) in [6.45, 7) is 3.40. The van der Waals surface area contributed by atoms with E-state index in [0.717, 1.165) is 11.3 Å². The quantitative estimate of drug-likeness (QED) is 0.818. The van der Waals surface area contributed by atoms with Crippen LogP contribution >= 0.6 is 23.8 Å². The first-order valence-corrected chi connectivity index (χ1v) is 6.32. The highest BCUT2D eigenvalue weighted by Gasteiger charge is 2.27. The van der Waals surface area contributed by atoms with Crippen LogP contribution in [0.5, 0.6) is 0 Å². The van der Waals surface area contributed by atoms with Gasteiger partial charge in [-0.15, -0.1) is 0 Å². The van der Waals surface area contributed by atoms with E-state index in [2.05, 4.69) is 10.6 Å². The lowest BCUT2D eigenvalue weighted by Crippen LogP contribution is -2.44. The molecule has 0 radical (unpaired) electrons. The Bertz CT molecular complexity index is 554. The van der Waals surface area contributed by atoms with E-state index < -0.39 is 0 Å². The third-order valence-electron chi connectivity index (χ3n) is 2.83.